The molecule has 1 atom stereocenters. The molecule has 1 unspecified atom stereocenters. The summed E-state index contributed by atoms with van der Waals surface area (Å²) in [6, 6.07) is 7.58. The highest BCUT2D eigenvalue weighted by molar-refractivity contribution is 7.15. The molecule has 0 fully saturated rings. The van der Waals surface area contributed by atoms with Crippen molar-refractivity contribution in [1.82, 2.24) is 4.98 Å². The molecule has 0 aliphatic carbocycles. The van der Waals surface area contributed by atoms with E-state index in [1.54, 1.807) is 6.92 Å². The van der Waals surface area contributed by atoms with Crippen LogP contribution in [0.25, 0.3) is 10.6 Å². The largest absolute Gasteiger partial charge is 0.388 e. The molecule has 0 radical (unpaired) electrons. The number of hydrogen-bond donors (Lipinski definition) is 1. The molecule has 84 valence electrons. The van der Waals surface area contributed by atoms with E-state index in [1.165, 1.54) is 11.3 Å². The average Bonchev–Trinajstić information content (AvgIpc) is 2.60. The molecular formula is C12H12ClNOS. The van der Waals surface area contributed by atoms with Gasteiger partial charge < -0.3 is 5.11 Å². The smallest absolute Gasteiger partial charge is 0.124 e. The number of hydrogen-bond acceptors (Lipinski definition) is 3. The number of halogens is 1. The molecule has 0 spiro atoms. The number of rotatable bonds is 2. The molecule has 0 aliphatic rings. The summed E-state index contributed by atoms with van der Waals surface area (Å²) in [5, 5.41) is 11.2. The van der Waals surface area contributed by atoms with Gasteiger partial charge in [0.05, 0.1) is 16.7 Å². The SMILES string of the molecule is Cc1nc(-c2cccc(Cl)c2)sc1C(C)O. The van der Waals surface area contributed by atoms with E-state index in [2.05, 4.69) is 4.98 Å². The van der Waals surface area contributed by atoms with Crippen molar-refractivity contribution in [2.45, 2.75) is 20.0 Å². The van der Waals surface area contributed by atoms with Gasteiger partial charge in [-0.05, 0) is 26.0 Å². The van der Waals surface area contributed by atoms with Crippen LogP contribution >= 0.6 is 22.9 Å². The van der Waals surface area contributed by atoms with Crippen LogP contribution in [-0.4, -0.2) is 10.1 Å². The van der Waals surface area contributed by atoms with E-state index >= 15 is 0 Å². The number of nitrogens with zero attached hydrogens (tertiary/aromatic N) is 1. The second-order valence-corrected chi connectivity index (χ2v) is 5.12. The molecule has 1 N–H and O–H groups in total. The first kappa shape index (κ1) is 11.6. The predicted molar refractivity (Wildman–Crippen MR) is 67.9 cm³/mol. The Bertz CT molecular complexity index is 507. The minimum absolute atomic E-state index is 0.467. The van der Waals surface area contributed by atoms with Gasteiger partial charge in [-0.1, -0.05) is 23.7 Å². The monoisotopic (exact) mass is 253 g/mol. The number of benzene rings is 1. The molecule has 0 saturated heterocycles. The third-order valence-corrected chi connectivity index (χ3v) is 3.90. The van der Waals surface area contributed by atoms with Gasteiger partial charge in [-0.3, -0.25) is 0 Å². The summed E-state index contributed by atoms with van der Waals surface area (Å²) in [5.41, 5.74) is 1.88. The Labute approximate surface area is 104 Å². The topological polar surface area (TPSA) is 33.1 Å². The van der Waals surface area contributed by atoms with Gasteiger partial charge in [-0.25, -0.2) is 4.98 Å². The van der Waals surface area contributed by atoms with Crippen LogP contribution in [0.3, 0.4) is 0 Å². The molecule has 2 aromatic rings. The molecule has 0 aliphatic heterocycles. The molecule has 2 rings (SSSR count). The molecule has 4 heteroatoms. The zero-order valence-corrected chi connectivity index (χ0v) is 10.6. The lowest BCUT2D eigenvalue weighted by Gasteiger charge is -1.98. The van der Waals surface area contributed by atoms with Crippen molar-refractivity contribution < 1.29 is 5.11 Å². The van der Waals surface area contributed by atoms with Gasteiger partial charge in [-0.15, -0.1) is 11.3 Å². The van der Waals surface area contributed by atoms with Gasteiger partial charge in [0, 0.05) is 10.6 Å². The fourth-order valence-corrected chi connectivity index (χ4v) is 2.73. The zero-order valence-electron chi connectivity index (χ0n) is 9.07. The molecule has 0 saturated carbocycles. The molecule has 0 bridgehead atoms. The summed E-state index contributed by atoms with van der Waals surface area (Å²) in [6.45, 7) is 3.66. The van der Waals surface area contributed by atoms with Crippen LogP contribution in [0, 0.1) is 6.92 Å². The first-order valence-corrected chi connectivity index (χ1v) is 6.18. The van der Waals surface area contributed by atoms with Crippen LogP contribution < -0.4 is 0 Å². The minimum atomic E-state index is -0.467. The Balaban J connectivity index is 2.45. The third kappa shape index (κ3) is 2.26. The maximum Gasteiger partial charge on any atom is 0.124 e. The lowest BCUT2D eigenvalue weighted by atomic mass is 10.2. The number of thiazole rings is 1. The van der Waals surface area contributed by atoms with E-state index in [1.807, 2.05) is 31.2 Å². The van der Waals surface area contributed by atoms with Gasteiger partial charge in [0.2, 0.25) is 0 Å². The van der Waals surface area contributed by atoms with Gasteiger partial charge >= 0.3 is 0 Å². The molecule has 1 aromatic carbocycles. The number of aromatic nitrogens is 1. The van der Waals surface area contributed by atoms with E-state index < -0.39 is 6.10 Å². The highest BCUT2D eigenvalue weighted by Gasteiger charge is 2.13. The zero-order chi connectivity index (χ0) is 11.7. The maximum atomic E-state index is 9.56. The Morgan fingerprint density at radius 2 is 2.19 bits per heavy atom. The molecule has 16 heavy (non-hydrogen) atoms. The molecule has 1 heterocycles. The third-order valence-electron chi connectivity index (χ3n) is 2.28. The summed E-state index contributed by atoms with van der Waals surface area (Å²) < 4.78 is 0. The normalized spacial score (nSPS) is 12.8. The van der Waals surface area contributed by atoms with Gasteiger partial charge in [0.25, 0.3) is 0 Å². The quantitative estimate of drug-likeness (QED) is 0.883. The Morgan fingerprint density at radius 1 is 1.44 bits per heavy atom. The molecule has 1 aromatic heterocycles. The second-order valence-electron chi connectivity index (χ2n) is 3.65. The average molecular weight is 254 g/mol. The Hall–Kier alpha value is -0.900. The van der Waals surface area contributed by atoms with Gasteiger partial charge in [-0.2, -0.15) is 0 Å². The van der Waals surface area contributed by atoms with E-state index in [9.17, 15) is 5.11 Å². The molecule has 0 amide bonds. The fraction of sp³-hybridized carbons (Fsp3) is 0.250. The van der Waals surface area contributed by atoms with Crippen LogP contribution in [0.5, 0.6) is 0 Å². The van der Waals surface area contributed by atoms with Crippen LogP contribution in [0.2, 0.25) is 5.02 Å². The molecule has 2 nitrogen and oxygen atoms in total. The lowest BCUT2D eigenvalue weighted by molar-refractivity contribution is 0.202. The van der Waals surface area contributed by atoms with Crippen LogP contribution in [0.1, 0.15) is 23.6 Å². The Morgan fingerprint density at radius 3 is 2.75 bits per heavy atom. The van der Waals surface area contributed by atoms with Gasteiger partial charge in [0.1, 0.15) is 5.01 Å². The van der Waals surface area contributed by atoms with Crippen molar-refractivity contribution in [3.05, 3.63) is 39.9 Å². The summed E-state index contributed by atoms with van der Waals surface area (Å²) in [6.07, 6.45) is -0.467. The van der Waals surface area contributed by atoms with Gasteiger partial charge in [0.15, 0.2) is 0 Å². The highest BCUT2D eigenvalue weighted by atomic mass is 35.5. The lowest BCUT2D eigenvalue weighted by Crippen LogP contribution is -1.88. The molecular weight excluding hydrogens is 242 g/mol. The van der Waals surface area contributed by atoms with E-state index in [4.69, 9.17) is 11.6 Å². The summed E-state index contributed by atoms with van der Waals surface area (Å²) in [5.74, 6) is 0. The van der Waals surface area contributed by atoms with Crippen molar-refractivity contribution in [3.63, 3.8) is 0 Å². The van der Waals surface area contributed by atoms with Crippen molar-refractivity contribution in [1.29, 1.82) is 0 Å². The number of aliphatic hydroxyl groups excluding tert-OH is 1. The highest BCUT2D eigenvalue weighted by Crippen LogP contribution is 2.32. The summed E-state index contributed by atoms with van der Waals surface area (Å²) >= 11 is 7.44. The minimum Gasteiger partial charge on any atom is -0.388 e. The van der Waals surface area contributed by atoms with Crippen LogP contribution in [0.15, 0.2) is 24.3 Å². The van der Waals surface area contributed by atoms with Crippen molar-refractivity contribution in [2.75, 3.05) is 0 Å². The number of aryl methyl sites for hydroxylation is 1. The standard InChI is InChI=1S/C12H12ClNOS/c1-7-11(8(2)15)16-12(14-7)9-4-3-5-10(13)6-9/h3-6,8,15H,1-2H3. The van der Waals surface area contributed by atoms with Crippen molar-refractivity contribution in [2.24, 2.45) is 0 Å². The predicted octanol–water partition coefficient (Wildman–Crippen LogP) is 3.83. The number of aliphatic hydroxyl groups is 1. The summed E-state index contributed by atoms with van der Waals surface area (Å²) in [4.78, 5) is 5.36. The maximum absolute atomic E-state index is 9.56. The summed E-state index contributed by atoms with van der Waals surface area (Å²) in [7, 11) is 0. The first-order chi connectivity index (χ1) is 7.58. The first-order valence-electron chi connectivity index (χ1n) is 4.99. The van der Waals surface area contributed by atoms with Crippen LogP contribution in [-0.2, 0) is 0 Å². The fourth-order valence-electron chi connectivity index (χ4n) is 1.54. The Kier molecular flexibility index (Phi) is 3.28. The van der Waals surface area contributed by atoms with Crippen LogP contribution in [0.4, 0.5) is 0 Å². The van der Waals surface area contributed by atoms with Crippen molar-refractivity contribution in [3.8, 4) is 10.6 Å². The van der Waals surface area contributed by atoms with Crippen molar-refractivity contribution >= 4 is 22.9 Å². The van der Waals surface area contributed by atoms with E-state index in [0.717, 1.165) is 21.1 Å². The second kappa shape index (κ2) is 4.53. The van der Waals surface area contributed by atoms with E-state index in [-0.39, 0.29) is 0 Å². The van der Waals surface area contributed by atoms with E-state index in [0.29, 0.717) is 5.02 Å².